The van der Waals surface area contributed by atoms with E-state index in [0.717, 1.165) is 0 Å². The molecule has 2 heterocycles. The van der Waals surface area contributed by atoms with Crippen LogP contribution in [0.2, 0.25) is 0 Å². The minimum atomic E-state index is -0.412. The monoisotopic (exact) mass is 235 g/mol. The fourth-order valence-electron chi connectivity index (χ4n) is 1.64. The Kier molecular flexibility index (Phi) is 2.95. The number of piperazine rings is 1. The summed E-state index contributed by atoms with van der Waals surface area (Å²) in [7, 11) is 1.70. The Morgan fingerprint density at radius 2 is 2.24 bits per heavy atom. The van der Waals surface area contributed by atoms with Crippen LogP contribution in [0.4, 0.5) is 0 Å². The smallest absolute Gasteiger partial charge is 0.276 e. The number of likely N-dealkylation sites (N-methyl/N-ethyl adjacent to an activating group) is 1. The minimum Gasteiger partial charge on any atom is -0.505 e. The highest BCUT2D eigenvalue weighted by Gasteiger charge is 2.27. The van der Waals surface area contributed by atoms with Crippen molar-refractivity contribution in [3.8, 4) is 5.75 Å². The summed E-state index contributed by atoms with van der Waals surface area (Å²) < 4.78 is 0. The summed E-state index contributed by atoms with van der Waals surface area (Å²) in [5.41, 5.74) is -0.00940. The molecule has 0 atom stereocenters. The first-order valence-corrected chi connectivity index (χ1v) is 5.27. The highest BCUT2D eigenvalue weighted by Crippen LogP contribution is 2.16. The molecule has 0 aliphatic carbocycles. The fourth-order valence-corrected chi connectivity index (χ4v) is 1.64. The molecule has 0 bridgehead atoms. The fraction of sp³-hybridized carbons (Fsp3) is 0.364. The van der Waals surface area contributed by atoms with Crippen LogP contribution in [0.5, 0.6) is 5.75 Å². The first kappa shape index (κ1) is 11.4. The number of rotatable bonds is 1. The van der Waals surface area contributed by atoms with Gasteiger partial charge in [0, 0.05) is 26.3 Å². The minimum absolute atomic E-state index is 0.00940. The lowest BCUT2D eigenvalue weighted by Gasteiger charge is -2.31. The van der Waals surface area contributed by atoms with Crippen LogP contribution in [0, 0.1) is 0 Å². The van der Waals surface area contributed by atoms with Gasteiger partial charge in [0.15, 0.2) is 5.69 Å². The van der Waals surface area contributed by atoms with Crippen molar-refractivity contribution < 1.29 is 14.7 Å². The van der Waals surface area contributed by atoms with Gasteiger partial charge in [-0.2, -0.15) is 0 Å². The van der Waals surface area contributed by atoms with Crippen molar-refractivity contribution in [2.24, 2.45) is 0 Å². The molecule has 0 spiro atoms. The van der Waals surface area contributed by atoms with Gasteiger partial charge in [-0.05, 0) is 12.1 Å². The van der Waals surface area contributed by atoms with Crippen LogP contribution in [0.25, 0.3) is 0 Å². The topological polar surface area (TPSA) is 73.7 Å². The second-order valence-electron chi connectivity index (χ2n) is 3.91. The van der Waals surface area contributed by atoms with Crippen molar-refractivity contribution in [3.05, 3.63) is 24.0 Å². The largest absolute Gasteiger partial charge is 0.505 e. The van der Waals surface area contributed by atoms with Gasteiger partial charge in [0.05, 0.1) is 0 Å². The van der Waals surface area contributed by atoms with E-state index in [1.165, 1.54) is 17.2 Å². The zero-order valence-corrected chi connectivity index (χ0v) is 9.46. The Balaban J connectivity index is 2.16. The number of nitrogens with zero attached hydrogens (tertiary/aromatic N) is 3. The second-order valence-corrected chi connectivity index (χ2v) is 3.91. The molecule has 1 aromatic rings. The molecule has 2 amide bonds. The molecule has 0 saturated carbocycles. The van der Waals surface area contributed by atoms with E-state index in [9.17, 15) is 14.7 Å². The van der Waals surface area contributed by atoms with Gasteiger partial charge >= 0.3 is 0 Å². The SMILES string of the molecule is CN1CCN(C(=O)c2ncccc2O)CC1=O. The van der Waals surface area contributed by atoms with Gasteiger partial charge in [-0.25, -0.2) is 4.98 Å². The van der Waals surface area contributed by atoms with Crippen LogP contribution in [0.1, 0.15) is 10.5 Å². The normalized spacial score (nSPS) is 16.2. The van der Waals surface area contributed by atoms with E-state index in [2.05, 4.69) is 4.98 Å². The standard InChI is InChI=1S/C11H13N3O3/c1-13-5-6-14(7-9(13)16)11(17)10-8(15)3-2-4-12-10/h2-4,15H,5-7H2,1H3. The van der Waals surface area contributed by atoms with E-state index < -0.39 is 5.91 Å². The highest BCUT2D eigenvalue weighted by atomic mass is 16.3. The molecular weight excluding hydrogens is 222 g/mol. The van der Waals surface area contributed by atoms with E-state index in [-0.39, 0.29) is 23.9 Å². The summed E-state index contributed by atoms with van der Waals surface area (Å²) in [6, 6.07) is 2.94. The van der Waals surface area contributed by atoms with Crippen molar-refractivity contribution in [2.75, 3.05) is 26.7 Å². The molecule has 1 aliphatic heterocycles. The summed E-state index contributed by atoms with van der Waals surface area (Å²) in [5.74, 6) is -0.687. The Hall–Kier alpha value is -2.11. The van der Waals surface area contributed by atoms with Crippen LogP contribution < -0.4 is 0 Å². The Morgan fingerprint density at radius 3 is 2.88 bits per heavy atom. The molecule has 6 nitrogen and oxygen atoms in total. The third kappa shape index (κ3) is 2.20. The zero-order valence-electron chi connectivity index (χ0n) is 9.46. The van der Waals surface area contributed by atoms with Gasteiger partial charge in [-0.3, -0.25) is 9.59 Å². The number of amides is 2. The van der Waals surface area contributed by atoms with Crippen molar-refractivity contribution in [3.63, 3.8) is 0 Å². The number of pyridine rings is 1. The summed E-state index contributed by atoms with van der Waals surface area (Å²) in [6.45, 7) is 0.987. The first-order chi connectivity index (χ1) is 8.09. The molecule has 90 valence electrons. The van der Waals surface area contributed by atoms with Gasteiger partial charge in [-0.1, -0.05) is 0 Å². The maximum absolute atomic E-state index is 12.0. The molecular formula is C11H13N3O3. The predicted molar refractivity (Wildman–Crippen MR) is 59.4 cm³/mol. The lowest BCUT2D eigenvalue weighted by atomic mass is 10.2. The molecule has 1 N–H and O–H groups in total. The van der Waals surface area contributed by atoms with E-state index in [0.29, 0.717) is 13.1 Å². The van der Waals surface area contributed by atoms with Crippen molar-refractivity contribution in [1.82, 2.24) is 14.8 Å². The lowest BCUT2D eigenvalue weighted by molar-refractivity contribution is -0.133. The van der Waals surface area contributed by atoms with Gasteiger partial charge < -0.3 is 14.9 Å². The van der Waals surface area contributed by atoms with E-state index in [4.69, 9.17) is 0 Å². The summed E-state index contributed by atoms with van der Waals surface area (Å²) in [6.07, 6.45) is 1.44. The maximum atomic E-state index is 12.0. The number of hydrogen-bond acceptors (Lipinski definition) is 4. The third-order valence-electron chi connectivity index (χ3n) is 2.73. The van der Waals surface area contributed by atoms with Crippen LogP contribution >= 0.6 is 0 Å². The molecule has 0 radical (unpaired) electrons. The van der Waals surface area contributed by atoms with Crippen LogP contribution in [0.3, 0.4) is 0 Å². The first-order valence-electron chi connectivity index (χ1n) is 5.27. The molecule has 1 saturated heterocycles. The molecule has 1 fully saturated rings. The average molecular weight is 235 g/mol. The number of carbonyl (C=O) groups excluding carboxylic acids is 2. The van der Waals surface area contributed by atoms with E-state index >= 15 is 0 Å². The maximum Gasteiger partial charge on any atom is 0.276 e. The van der Waals surface area contributed by atoms with Gasteiger partial charge in [-0.15, -0.1) is 0 Å². The summed E-state index contributed by atoms with van der Waals surface area (Å²) >= 11 is 0. The number of hydrogen-bond donors (Lipinski definition) is 1. The van der Waals surface area contributed by atoms with E-state index in [1.807, 2.05) is 0 Å². The molecule has 0 unspecified atom stereocenters. The Labute approximate surface area is 98.5 Å². The van der Waals surface area contributed by atoms with Crippen molar-refractivity contribution in [1.29, 1.82) is 0 Å². The molecule has 17 heavy (non-hydrogen) atoms. The summed E-state index contributed by atoms with van der Waals surface area (Å²) in [5, 5.41) is 9.52. The Morgan fingerprint density at radius 1 is 1.47 bits per heavy atom. The van der Waals surface area contributed by atoms with Crippen molar-refractivity contribution in [2.45, 2.75) is 0 Å². The van der Waals surface area contributed by atoms with Crippen LogP contribution in [0.15, 0.2) is 18.3 Å². The molecule has 6 heteroatoms. The molecule has 0 aromatic carbocycles. The Bertz CT molecular complexity index is 461. The number of aromatic nitrogens is 1. The number of aromatic hydroxyl groups is 1. The molecule has 1 aromatic heterocycles. The second kappa shape index (κ2) is 4.40. The predicted octanol–water partition coefficient (Wildman–Crippen LogP) is -0.299. The average Bonchev–Trinajstić information content (AvgIpc) is 2.32. The van der Waals surface area contributed by atoms with Crippen LogP contribution in [-0.2, 0) is 4.79 Å². The third-order valence-corrected chi connectivity index (χ3v) is 2.73. The van der Waals surface area contributed by atoms with Crippen LogP contribution in [-0.4, -0.2) is 58.4 Å². The molecule has 1 aliphatic rings. The highest BCUT2D eigenvalue weighted by molar-refractivity contribution is 5.97. The van der Waals surface area contributed by atoms with Crippen molar-refractivity contribution >= 4 is 11.8 Å². The quantitative estimate of drug-likeness (QED) is 0.725. The van der Waals surface area contributed by atoms with Gasteiger partial charge in [0.1, 0.15) is 12.3 Å². The zero-order chi connectivity index (χ0) is 12.4. The van der Waals surface area contributed by atoms with E-state index in [1.54, 1.807) is 18.0 Å². The number of carbonyl (C=O) groups is 2. The summed E-state index contributed by atoms with van der Waals surface area (Å²) in [4.78, 5) is 30.3. The lowest BCUT2D eigenvalue weighted by Crippen LogP contribution is -2.50. The molecule has 2 rings (SSSR count). The van der Waals surface area contributed by atoms with Gasteiger partial charge in [0.25, 0.3) is 5.91 Å². The van der Waals surface area contributed by atoms with Gasteiger partial charge in [0.2, 0.25) is 5.91 Å².